The predicted molar refractivity (Wildman–Crippen MR) is 86.1 cm³/mol. The van der Waals surface area contributed by atoms with Crippen LogP contribution in [0.25, 0.3) is 0 Å². The third-order valence-electron chi connectivity index (χ3n) is 3.00. The highest BCUT2D eigenvalue weighted by Gasteiger charge is 2.41. The van der Waals surface area contributed by atoms with Crippen LogP contribution in [0.3, 0.4) is 0 Å². The number of carbonyl (C=O) groups is 4. The van der Waals surface area contributed by atoms with Crippen LogP contribution in [0.5, 0.6) is 0 Å². The average Bonchev–Trinajstić information content (AvgIpc) is 2.79. The van der Waals surface area contributed by atoms with E-state index in [1.165, 1.54) is 18.2 Å². The average molecular weight is 374 g/mol. The Bertz CT molecular complexity index is 689. The van der Waals surface area contributed by atoms with E-state index in [-0.39, 0.29) is 22.3 Å². The van der Waals surface area contributed by atoms with E-state index in [9.17, 15) is 19.2 Å². The van der Waals surface area contributed by atoms with Crippen LogP contribution in [-0.4, -0.2) is 48.5 Å². The van der Waals surface area contributed by atoms with Gasteiger partial charge >= 0.3 is 18.0 Å². The Morgan fingerprint density at radius 3 is 2.42 bits per heavy atom. The lowest BCUT2D eigenvalue weighted by molar-refractivity contribution is -0.141. The molecule has 0 saturated carbocycles. The molecule has 5 amide bonds. The van der Waals surface area contributed by atoms with Gasteiger partial charge < -0.3 is 10.1 Å². The Balaban J connectivity index is 2.11. The van der Waals surface area contributed by atoms with E-state index in [2.05, 4.69) is 10.1 Å². The maximum atomic E-state index is 12.3. The molecule has 10 heteroatoms. The summed E-state index contributed by atoms with van der Waals surface area (Å²) >= 11 is 11.7. The maximum Gasteiger partial charge on any atom is 0.340 e. The van der Waals surface area contributed by atoms with Crippen LogP contribution < -0.4 is 10.2 Å². The molecule has 8 nitrogen and oxygen atoms in total. The van der Waals surface area contributed by atoms with Gasteiger partial charge in [0, 0.05) is 10.0 Å². The molecule has 1 aromatic rings. The van der Waals surface area contributed by atoms with Crippen molar-refractivity contribution in [3.63, 3.8) is 0 Å². The molecule has 128 valence electrons. The zero-order valence-electron chi connectivity index (χ0n) is 12.5. The van der Waals surface area contributed by atoms with Crippen LogP contribution in [0.15, 0.2) is 18.2 Å². The van der Waals surface area contributed by atoms with Crippen molar-refractivity contribution in [2.24, 2.45) is 0 Å². The molecular formula is C14H13Cl2N3O5. The standard InChI is InChI=1S/C14H13Cl2N3O5/c1-2-24-12(21)6-17-13(22)18-7-11(20)19(14(18)23)10-4-8(15)3-9(16)5-10/h3-5H,2,6-7H2,1H3,(H,17,22). The third-order valence-corrected chi connectivity index (χ3v) is 3.44. The number of hydrogen-bond acceptors (Lipinski definition) is 5. The summed E-state index contributed by atoms with van der Waals surface area (Å²) in [5, 5.41) is 2.69. The number of ether oxygens (including phenoxy) is 1. The van der Waals surface area contributed by atoms with Gasteiger partial charge in [0.15, 0.2) is 0 Å². The summed E-state index contributed by atoms with van der Waals surface area (Å²) in [4.78, 5) is 49.1. The van der Waals surface area contributed by atoms with Crippen molar-refractivity contribution in [2.45, 2.75) is 6.92 Å². The number of nitrogens with one attached hydrogen (secondary N) is 1. The summed E-state index contributed by atoms with van der Waals surface area (Å²) in [5.41, 5.74) is 0.156. The number of nitrogens with zero attached hydrogens (tertiary/aromatic N) is 2. The fourth-order valence-electron chi connectivity index (χ4n) is 2.04. The number of hydrogen-bond donors (Lipinski definition) is 1. The van der Waals surface area contributed by atoms with E-state index < -0.39 is 37.0 Å². The molecule has 0 atom stereocenters. The molecule has 1 fully saturated rings. The van der Waals surface area contributed by atoms with Gasteiger partial charge in [0.1, 0.15) is 13.1 Å². The first-order valence-electron chi connectivity index (χ1n) is 6.87. The Morgan fingerprint density at radius 1 is 1.21 bits per heavy atom. The normalized spacial score (nSPS) is 14.1. The van der Waals surface area contributed by atoms with Gasteiger partial charge in [0.25, 0.3) is 5.91 Å². The molecule has 0 aromatic heterocycles. The van der Waals surface area contributed by atoms with Crippen molar-refractivity contribution in [2.75, 3.05) is 24.6 Å². The lowest BCUT2D eigenvalue weighted by atomic mass is 10.3. The minimum atomic E-state index is -0.878. The highest BCUT2D eigenvalue weighted by Crippen LogP contribution is 2.28. The number of urea groups is 2. The number of benzene rings is 1. The van der Waals surface area contributed by atoms with E-state index >= 15 is 0 Å². The maximum absolute atomic E-state index is 12.3. The van der Waals surface area contributed by atoms with Gasteiger partial charge in [-0.1, -0.05) is 23.2 Å². The van der Waals surface area contributed by atoms with Gasteiger partial charge in [0.05, 0.1) is 12.3 Å². The van der Waals surface area contributed by atoms with Crippen molar-refractivity contribution in [1.82, 2.24) is 10.2 Å². The van der Waals surface area contributed by atoms with Crippen molar-refractivity contribution in [3.05, 3.63) is 28.2 Å². The number of esters is 1. The first-order chi connectivity index (χ1) is 11.3. The van der Waals surface area contributed by atoms with Crippen molar-refractivity contribution in [3.8, 4) is 0 Å². The molecule has 1 saturated heterocycles. The van der Waals surface area contributed by atoms with E-state index in [1.807, 2.05) is 0 Å². The lowest BCUT2D eigenvalue weighted by Gasteiger charge is -2.16. The number of imide groups is 2. The Morgan fingerprint density at radius 2 is 1.83 bits per heavy atom. The summed E-state index contributed by atoms with van der Waals surface area (Å²) in [7, 11) is 0. The summed E-state index contributed by atoms with van der Waals surface area (Å²) in [6, 6.07) is 2.46. The highest BCUT2D eigenvalue weighted by molar-refractivity contribution is 6.35. The Kier molecular flexibility index (Phi) is 5.63. The summed E-state index contributed by atoms with van der Waals surface area (Å²) < 4.78 is 4.66. The third kappa shape index (κ3) is 3.95. The second-order valence-corrected chi connectivity index (χ2v) is 5.56. The molecule has 1 heterocycles. The van der Waals surface area contributed by atoms with Crippen LogP contribution in [-0.2, 0) is 14.3 Å². The molecule has 0 unspecified atom stereocenters. The molecule has 24 heavy (non-hydrogen) atoms. The predicted octanol–water partition coefficient (Wildman–Crippen LogP) is 2.03. The van der Waals surface area contributed by atoms with Crippen LogP contribution in [0.4, 0.5) is 15.3 Å². The zero-order chi connectivity index (χ0) is 17.9. The Hall–Kier alpha value is -2.32. The largest absolute Gasteiger partial charge is 0.465 e. The van der Waals surface area contributed by atoms with E-state index in [0.29, 0.717) is 4.90 Å². The van der Waals surface area contributed by atoms with Crippen LogP contribution in [0.2, 0.25) is 10.0 Å². The summed E-state index contributed by atoms with van der Waals surface area (Å²) in [6.45, 7) is 0.917. The van der Waals surface area contributed by atoms with E-state index in [0.717, 1.165) is 4.90 Å². The van der Waals surface area contributed by atoms with Crippen molar-refractivity contribution >= 4 is 52.8 Å². The minimum Gasteiger partial charge on any atom is -0.465 e. The van der Waals surface area contributed by atoms with Gasteiger partial charge in [-0.15, -0.1) is 0 Å². The highest BCUT2D eigenvalue weighted by atomic mass is 35.5. The first-order valence-corrected chi connectivity index (χ1v) is 7.63. The quantitative estimate of drug-likeness (QED) is 0.643. The topological polar surface area (TPSA) is 96.0 Å². The number of amides is 5. The molecule has 1 N–H and O–H groups in total. The Labute approximate surface area is 147 Å². The number of rotatable bonds is 4. The van der Waals surface area contributed by atoms with Gasteiger partial charge in [-0.05, 0) is 25.1 Å². The molecule has 0 radical (unpaired) electrons. The number of carbonyl (C=O) groups excluding carboxylic acids is 4. The molecule has 0 bridgehead atoms. The molecule has 0 spiro atoms. The zero-order valence-corrected chi connectivity index (χ0v) is 14.1. The minimum absolute atomic E-state index is 0.156. The molecular weight excluding hydrogens is 361 g/mol. The fraction of sp³-hybridized carbons (Fsp3) is 0.286. The van der Waals surface area contributed by atoms with Gasteiger partial charge in [0.2, 0.25) is 0 Å². The monoisotopic (exact) mass is 373 g/mol. The second kappa shape index (κ2) is 7.50. The lowest BCUT2D eigenvalue weighted by Crippen LogP contribution is -2.44. The fourth-order valence-corrected chi connectivity index (χ4v) is 2.55. The molecule has 2 rings (SSSR count). The number of halogens is 2. The van der Waals surface area contributed by atoms with Gasteiger partial charge in [-0.25, -0.2) is 19.4 Å². The second-order valence-electron chi connectivity index (χ2n) is 4.69. The van der Waals surface area contributed by atoms with Crippen LogP contribution in [0, 0.1) is 0 Å². The molecule has 1 aromatic carbocycles. The van der Waals surface area contributed by atoms with Gasteiger partial charge in [-0.3, -0.25) is 9.59 Å². The molecule has 1 aliphatic heterocycles. The molecule has 0 aliphatic carbocycles. The van der Waals surface area contributed by atoms with Crippen LogP contribution >= 0.6 is 23.2 Å². The number of anilines is 1. The molecule has 1 aliphatic rings. The van der Waals surface area contributed by atoms with Crippen molar-refractivity contribution in [1.29, 1.82) is 0 Å². The summed E-state index contributed by atoms with van der Waals surface area (Å²) in [6.07, 6.45) is 0. The first kappa shape index (κ1) is 18.0. The summed E-state index contributed by atoms with van der Waals surface area (Å²) in [5.74, 6) is -1.27. The SMILES string of the molecule is CCOC(=O)CNC(=O)N1CC(=O)N(c2cc(Cl)cc(Cl)c2)C1=O. The van der Waals surface area contributed by atoms with E-state index in [4.69, 9.17) is 23.2 Å². The van der Waals surface area contributed by atoms with Crippen molar-refractivity contribution < 1.29 is 23.9 Å². The van der Waals surface area contributed by atoms with E-state index in [1.54, 1.807) is 6.92 Å². The van der Waals surface area contributed by atoms with Gasteiger partial charge in [-0.2, -0.15) is 0 Å². The smallest absolute Gasteiger partial charge is 0.340 e. The van der Waals surface area contributed by atoms with Crippen LogP contribution in [0.1, 0.15) is 6.92 Å².